The van der Waals surface area contributed by atoms with Crippen LogP contribution in [0.15, 0.2) is 51.6 Å². The Kier molecular flexibility index (Phi) is 4.89. The monoisotopic (exact) mass is 468 g/mol. The summed E-state index contributed by atoms with van der Waals surface area (Å²) in [5.41, 5.74) is 1.92. The number of nitrogens with one attached hydrogen (secondary N) is 1. The van der Waals surface area contributed by atoms with Crippen LogP contribution in [0.2, 0.25) is 0 Å². The maximum absolute atomic E-state index is 13.0. The fraction of sp³-hybridized carbons (Fsp3) is 0.417. The van der Waals surface area contributed by atoms with Gasteiger partial charge in [-0.1, -0.05) is 35.1 Å². The standard InChI is InChI=1S/C24H24N2O2S3/c1-13-4-8-16(9-5-13)25-18(27)12-26-23-22(31-24(26)28)20(17-3-2-10-29-17)19-14-6-7-15(11-14)21(19)30-23/h2-5,8-10,14-15,19-21H,6-7,11-12H2,1H3,(H,25,27)/t14-,15-,19-,20+,21+/m0/s1. The molecule has 3 heterocycles. The van der Waals surface area contributed by atoms with Gasteiger partial charge in [0.2, 0.25) is 5.91 Å². The Hall–Kier alpha value is -1.83. The van der Waals surface area contributed by atoms with Gasteiger partial charge in [-0.05, 0) is 67.5 Å². The SMILES string of the molecule is Cc1ccc(NC(=O)Cn2c3c(sc2=O)[C@H](c2cccs2)[C@@H]2[C@H]4CC[C@@H](C4)[C@H]2S3)cc1. The molecule has 2 saturated carbocycles. The molecule has 4 nitrogen and oxygen atoms in total. The molecule has 31 heavy (non-hydrogen) atoms. The minimum absolute atomic E-state index is 0.00886. The van der Waals surface area contributed by atoms with Crippen LogP contribution in [0, 0.1) is 24.7 Å². The fourth-order valence-corrected chi connectivity index (χ4v) is 9.96. The van der Waals surface area contributed by atoms with Gasteiger partial charge in [-0.15, -0.1) is 23.1 Å². The molecule has 0 unspecified atom stereocenters. The molecule has 1 N–H and O–H groups in total. The van der Waals surface area contributed by atoms with Crippen molar-refractivity contribution in [1.82, 2.24) is 4.57 Å². The van der Waals surface area contributed by atoms with E-state index < -0.39 is 0 Å². The lowest BCUT2D eigenvalue weighted by atomic mass is 9.77. The van der Waals surface area contributed by atoms with E-state index in [9.17, 15) is 9.59 Å². The lowest BCUT2D eigenvalue weighted by Gasteiger charge is -2.40. The highest BCUT2D eigenvalue weighted by Crippen LogP contribution is 2.64. The number of amides is 1. The zero-order valence-electron chi connectivity index (χ0n) is 17.2. The predicted octanol–water partition coefficient (Wildman–Crippen LogP) is 5.57. The second-order valence-electron chi connectivity index (χ2n) is 9.02. The van der Waals surface area contributed by atoms with Crippen LogP contribution in [-0.2, 0) is 11.3 Å². The lowest BCUT2D eigenvalue weighted by molar-refractivity contribution is -0.116. The highest BCUT2D eigenvalue weighted by atomic mass is 32.2. The van der Waals surface area contributed by atoms with Crippen molar-refractivity contribution >= 4 is 46.0 Å². The average Bonchev–Trinajstić information content (AvgIpc) is 3.54. The first-order valence-electron chi connectivity index (χ1n) is 10.9. The molecule has 3 aromatic rings. The van der Waals surface area contributed by atoms with Gasteiger partial charge >= 0.3 is 4.87 Å². The number of fused-ring (bicyclic) bond motifs is 6. The van der Waals surface area contributed by atoms with Crippen LogP contribution in [0.5, 0.6) is 0 Å². The van der Waals surface area contributed by atoms with E-state index in [4.69, 9.17) is 0 Å². The summed E-state index contributed by atoms with van der Waals surface area (Å²) in [6.07, 6.45) is 3.98. The molecule has 1 amide bonds. The van der Waals surface area contributed by atoms with Gasteiger partial charge in [-0.3, -0.25) is 14.2 Å². The number of thiophene rings is 1. The summed E-state index contributed by atoms with van der Waals surface area (Å²) in [7, 11) is 0. The summed E-state index contributed by atoms with van der Waals surface area (Å²) < 4.78 is 1.73. The Labute approximate surface area is 193 Å². The number of aryl methyl sites for hydroxylation is 1. The number of benzene rings is 1. The molecule has 0 saturated heterocycles. The van der Waals surface area contributed by atoms with E-state index in [1.165, 1.54) is 40.4 Å². The number of hydrogen-bond donors (Lipinski definition) is 1. The van der Waals surface area contributed by atoms with Crippen LogP contribution in [-0.4, -0.2) is 15.7 Å². The maximum atomic E-state index is 13.0. The van der Waals surface area contributed by atoms with Gasteiger partial charge in [-0.25, -0.2) is 0 Å². The van der Waals surface area contributed by atoms with E-state index in [-0.39, 0.29) is 17.3 Å². The number of thioether (sulfide) groups is 1. The third-order valence-corrected chi connectivity index (χ3v) is 11.0. The topological polar surface area (TPSA) is 51.1 Å². The number of aromatic nitrogens is 1. The molecule has 0 radical (unpaired) electrons. The van der Waals surface area contributed by atoms with E-state index in [1.54, 1.807) is 4.57 Å². The molecule has 2 fully saturated rings. The third-order valence-electron chi connectivity index (χ3n) is 7.18. The van der Waals surface area contributed by atoms with Gasteiger partial charge in [0.1, 0.15) is 6.54 Å². The highest BCUT2D eigenvalue weighted by Gasteiger charge is 2.55. The second kappa shape index (κ2) is 7.64. The molecule has 3 aliphatic rings. The van der Waals surface area contributed by atoms with Crippen molar-refractivity contribution in [2.45, 2.75) is 48.9 Å². The molecule has 1 aliphatic heterocycles. The van der Waals surface area contributed by atoms with Gasteiger partial charge in [0.05, 0.1) is 5.03 Å². The van der Waals surface area contributed by atoms with E-state index in [1.807, 2.05) is 54.3 Å². The number of rotatable bonds is 4. The predicted molar refractivity (Wildman–Crippen MR) is 129 cm³/mol. The van der Waals surface area contributed by atoms with E-state index in [0.717, 1.165) is 28.1 Å². The van der Waals surface area contributed by atoms with Crippen molar-refractivity contribution in [1.29, 1.82) is 0 Å². The second-order valence-corrected chi connectivity index (χ2v) is 12.2. The lowest BCUT2D eigenvalue weighted by Crippen LogP contribution is -2.34. The number of carbonyl (C=O) groups excluding carboxylic acids is 1. The largest absolute Gasteiger partial charge is 0.325 e. The van der Waals surface area contributed by atoms with Crippen LogP contribution in [0.3, 0.4) is 0 Å². The smallest absolute Gasteiger partial charge is 0.308 e. The van der Waals surface area contributed by atoms with Crippen LogP contribution in [0.25, 0.3) is 0 Å². The Morgan fingerprint density at radius 3 is 2.74 bits per heavy atom. The van der Waals surface area contributed by atoms with Gasteiger partial charge in [0.15, 0.2) is 0 Å². The zero-order valence-corrected chi connectivity index (χ0v) is 19.7. The third kappa shape index (κ3) is 3.33. The molecule has 2 bridgehead atoms. The molecule has 2 aromatic heterocycles. The molecule has 160 valence electrons. The van der Waals surface area contributed by atoms with Crippen LogP contribution in [0.1, 0.15) is 40.5 Å². The Morgan fingerprint density at radius 1 is 1.16 bits per heavy atom. The van der Waals surface area contributed by atoms with Gasteiger partial charge in [-0.2, -0.15) is 0 Å². The summed E-state index contributed by atoms with van der Waals surface area (Å²) >= 11 is 5.06. The quantitative estimate of drug-likeness (QED) is 0.545. The van der Waals surface area contributed by atoms with Crippen molar-refractivity contribution in [2.24, 2.45) is 17.8 Å². The normalized spacial score (nSPS) is 28.4. The number of carbonyl (C=O) groups is 1. The summed E-state index contributed by atoms with van der Waals surface area (Å²) in [6.45, 7) is 2.10. The first-order valence-corrected chi connectivity index (χ1v) is 13.5. The minimum atomic E-state index is -0.144. The Bertz CT molecular complexity index is 1180. The number of thiazole rings is 1. The highest BCUT2D eigenvalue weighted by molar-refractivity contribution is 8.00. The zero-order chi connectivity index (χ0) is 21.1. The van der Waals surface area contributed by atoms with Crippen molar-refractivity contribution < 1.29 is 4.79 Å². The Morgan fingerprint density at radius 2 is 1.97 bits per heavy atom. The first-order chi connectivity index (χ1) is 15.1. The molecule has 2 aliphatic carbocycles. The van der Waals surface area contributed by atoms with Crippen molar-refractivity contribution in [3.63, 3.8) is 0 Å². The van der Waals surface area contributed by atoms with E-state index in [2.05, 4.69) is 22.8 Å². The number of nitrogens with zero attached hydrogens (tertiary/aromatic N) is 1. The van der Waals surface area contributed by atoms with E-state index in [0.29, 0.717) is 17.1 Å². The molecular formula is C24H24N2O2S3. The number of anilines is 1. The molecule has 1 aromatic carbocycles. The minimum Gasteiger partial charge on any atom is -0.325 e. The van der Waals surface area contributed by atoms with Crippen molar-refractivity contribution in [3.05, 3.63) is 66.8 Å². The summed E-state index contributed by atoms with van der Waals surface area (Å²) in [6, 6.07) is 12.1. The molecule has 7 heteroatoms. The molecule has 0 spiro atoms. The van der Waals surface area contributed by atoms with Crippen molar-refractivity contribution in [3.8, 4) is 0 Å². The van der Waals surface area contributed by atoms with Gasteiger partial charge < -0.3 is 5.32 Å². The van der Waals surface area contributed by atoms with Gasteiger partial charge in [0, 0.05) is 26.6 Å². The van der Waals surface area contributed by atoms with Crippen LogP contribution < -0.4 is 10.2 Å². The summed E-state index contributed by atoms with van der Waals surface area (Å²) in [5.74, 6) is 2.33. The molecular weight excluding hydrogens is 444 g/mol. The maximum Gasteiger partial charge on any atom is 0.308 e. The molecule has 5 atom stereocenters. The van der Waals surface area contributed by atoms with Crippen LogP contribution >= 0.6 is 34.4 Å². The van der Waals surface area contributed by atoms with E-state index >= 15 is 0 Å². The van der Waals surface area contributed by atoms with Gasteiger partial charge in [0.25, 0.3) is 0 Å². The molecule has 6 rings (SSSR count). The Balaban J connectivity index is 1.34. The summed E-state index contributed by atoms with van der Waals surface area (Å²) in [4.78, 5) is 28.4. The summed E-state index contributed by atoms with van der Waals surface area (Å²) in [5, 5.41) is 6.71. The van der Waals surface area contributed by atoms with Crippen LogP contribution in [0.4, 0.5) is 5.69 Å². The number of hydrogen-bond acceptors (Lipinski definition) is 5. The van der Waals surface area contributed by atoms with Crippen molar-refractivity contribution in [2.75, 3.05) is 5.32 Å². The fourth-order valence-electron chi connectivity index (χ4n) is 5.85. The average molecular weight is 469 g/mol. The first kappa shape index (κ1) is 19.8.